The average Bonchev–Trinajstić information content (AvgIpc) is 3.61. The van der Waals surface area contributed by atoms with Crippen molar-refractivity contribution in [1.29, 1.82) is 0 Å². The third-order valence-corrected chi connectivity index (χ3v) is 10.9. The number of phenols is 5. The molecule has 0 amide bonds. The molecule has 5 N–H and O–H groups in total. The summed E-state index contributed by atoms with van der Waals surface area (Å²) in [4.78, 5) is 0. The van der Waals surface area contributed by atoms with E-state index in [1.807, 2.05) is 72.8 Å². The highest BCUT2D eigenvalue weighted by molar-refractivity contribution is 6.53. The van der Waals surface area contributed by atoms with Crippen molar-refractivity contribution in [3.05, 3.63) is 140 Å². The zero-order valence-corrected chi connectivity index (χ0v) is 29.6. The molecule has 9 aromatic carbocycles. The maximum Gasteiger partial charge on any atom is 0.169 e. The summed E-state index contributed by atoms with van der Waals surface area (Å²) < 4.78 is 6.12. The van der Waals surface area contributed by atoms with Crippen molar-refractivity contribution in [2.75, 3.05) is 0 Å². The smallest absolute Gasteiger partial charge is 0.169 e. The maximum atomic E-state index is 12.5. The Bertz CT molecular complexity index is 3260. The van der Waals surface area contributed by atoms with Gasteiger partial charge in [0.1, 0.15) is 44.1 Å². The summed E-state index contributed by atoms with van der Waals surface area (Å²) in [6.07, 6.45) is 0. The molecule has 0 aliphatic carbocycles. The van der Waals surface area contributed by atoms with Crippen molar-refractivity contribution in [3.63, 3.8) is 0 Å². The Kier molecular flexibility index (Phi) is 7.35. The van der Waals surface area contributed by atoms with Gasteiger partial charge in [-0.25, -0.2) is 0 Å². The third-order valence-electron chi connectivity index (χ3n) is 10.9. The van der Waals surface area contributed by atoms with Crippen LogP contribution in [0, 0.1) is 0 Å². The molecule has 0 bridgehead atoms. The van der Waals surface area contributed by atoms with Crippen LogP contribution in [0.3, 0.4) is 0 Å². The van der Waals surface area contributed by atoms with Gasteiger partial charge in [0.25, 0.3) is 0 Å². The number of aromatic hydroxyl groups is 5. The molecule has 8 heteroatoms. The minimum Gasteiger partial charge on any atom is -0.508 e. The van der Waals surface area contributed by atoms with E-state index in [1.165, 1.54) is 0 Å². The second-order valence-electron chi connectivity index (χ2n) is 14.0. The molecular formula is C48H28B2O6. The summed E-state index contributed by atoms with van der Waals surface area (Å²) in [5, 5.41) is 64.6. The van der Waals surface area contributed by atoms with E-state index < -0.39 is 23.0 Å². The molecule has 1 heterocycles. The van der Waals surface area contributed by atoms with Crippen LogP contribution in [-0.2, 0) is 0 Å². The van der Waals surface area contributed by atoms with Crippen LogP contribution in [0.4, 0.5) is 0 Å². The fourth-order valence-electron chi connectivity index (χ4n) is 8.23. The molecule has 10 aromatic rings. The summed E-state index contributed by atoms with van der Waals surface area (Å²) in [6.45, 7) is 0. The van der Waals surface area contributed by atoms with Crippen LogP contribution in [-0.4, -0.2) is 41.2 Å². The zero-order valence-electron chi connectivity index (χ0n) is 29.6. The van der Waals surface area contributed by atoms with E-state index in [4.69, 9.17) is 20.1 Å². The van der Waals surface area contributed by atoms with Crippen LogP contribution in [0.25, 0.3) is 98.8 Å². The molecule has 0 fully saturated rings. The van der Waals surface area contributed by atoms with Crippen molar-refractivity contribution >= 4 is 80.9 Å². The molecule has 10 rings (SSSR count). The van der Waals surface area contributed by atoms with Crippen molar-refractivity contribution in [2.24, 2.45) is 0 Å². The van der Waals surface area contributed by atoms with E-state index >= 15 is 0 Å². The molecule has 56 heavy (non-hydrogen) atoms. The van der Waals surface area contributed by atoms with Gasteiger partial charge in [0.15, 0.2) is 11.5 Å². The van der Waals surface area contributed by atoms with Crippen molar-refractivity contribution < 1.29 is 29.9 Å². The molecular weight excluding hydrogens is 694 g/mol. The molecule has 0 atom stereocenters. The van der Waals surface area contributed by atoms with Gasteiger partial charge in [0, 0.05) is 43.4 Å². The first-order valence-electron chi connectivity index (χ1n) is 18.0. The lowest BCUT2D eigenvalue weighted by Gasteiger charge is -2.24. The summed E-state index contributed by atoms with van der Waals surface area (Å²) in [5.41, 5.74) is 4.50. The predicted molar refractivity (Wildman–Crippen MR) is 227 cm³/mol. The van der Waals surface area contributed by atoms with E-state index in [1.54, 1.807) is 42.5 Å². The Hall–Kier alpha value is -7.31. The fourth-order valence-corrected chi connectivity index (χ4v) is 8.23. The minimum absolute atomic E-state index is 0.0178. The Morgan fingerprint density at radius 1 is 0.339 bits per heavy atom. The first-order chi connectivity index (χ1) is 27.2. The van der Waals surface area contributed by atoms with Gasteiger partial charge in [-0.1, -0.05) is 126 Å². The number of furan rings is 1. The number of hydrogen-bond acceptors (Lipinski definition) is 6. The molecule has 0 spiro atoms. The largest absolute Gasteiger partial charge is 0.508 e. The molecule has 6 nitrogen and oxygen atoms in total. The molecule has 4 radical (unpaired) electrons. The van der Waals surface area contributed by atoms with Crippen LogP contribution < -0.4 is 10.9 Å². The Morgan fingerprint density at radius 2 is 0.857 bits per heavy atom. The van der Waals surface area contributed by atoms with Crippen LogP contribution >= 0.6 is 0 Å². The number of hydrogen-bond donors (Lipinski definition) is 5. The van der Waals surface area contributed by atoms with Crippen LogP contribution in [0.2, 0.25) is 0 Å². The second kappa shape index (κ2) is 12.4. The lowest BCUT2D eigenvalue weighted by molar-refractivity contribution is 0.404. The van der Waals surface area contributed by atoms with Gasteiger partial charge in [-0.2, -0.15) is 0 Å². The third kappa shape index (κ3) is 4.79. The highest BCUT2D eigenvalue weighted by Gasteiger charge is 2.31. The van der Waals surface area contributed by atoms with Crippen LogP contribution in [0.5, 0.6) is 28.7 Å². The van der Waals surface area contributed by atoms with Crippen molar-refractivity contribution in [2.45, 2.75) is 0 Å². The first-order valence-corrected chi connectivity index (χ1v) is 18.0. The van der Waals surface area contributed by atoms with Crippen LogP contribution in [0.1, 0.15) is 0 Å². The SMILES string of the molecule is [B]c1c([B])c(O)c2c(-c3ccc4oc5ccccc5c4c3)c3c(O)c(-c4ccccc4)c(O)c(O)c3c(-c3ccc(-c4ccc5ccccc5c4)cc3)c2c1O. The number of para-hydroxylation sites is 1. The Labute approximate surface area is 322 Å². The monoisotopic (exact) mass is 722 g/mol. The van der Waals surface area contributed by atoms with E-state index in [9.17, 15) is 25.5 Å². The summed E-state index contributed by atoms with van der Waals surface area (Å²) in [7, 11) is 12.8. The van der Waals surface area contributed by atoms with Gasteiger partial charge in [-0.05, 0) is 62.9 Å². The highest BCUT2D eigenvalue weighted by Crippen LogP contribution is 2.58. The lowest BCUT2D eigenvalue weighted by Crippen LogP contribution is -2.26. The number of phenolic OH excluding ortho intramolecular Hbond substituents is 5. The van der Waals surface area contributed by atoms with E-state index in [-0.39, 0.29) is 54.9 Å². The van der Waals surface area contributed by atoms with E-state index in [0.29, 0.717) is 27.9 Å². The van der Waals surface area contributed by atoms with E-state index in [0.717, 1.165) is 32.7 Å². The normalized spacial score (nSPS) is 11.7. The molecule has 0 aliphatic rings. The maximum absolute atomic E-state index is 12.5. The Balaban J connectivity index is 1.36. The fraction of sp³-hybridized carbons (Fsp3) is 0. The summed E-state index contributed by atoms with van der Waals surface area (Å²) >= 11 is 0. The molecule has 0 saturated heterocycles. The number of rotatable bonds is 4. The van der Waals surface area contributed by atoms with Gasteiger partial charge in [-0.15, -0.1) is 0 Å². The quantitative estimate of drug-likeness (QED) is 0.0535. The van der Waals surface area contributed by atoms with Gasteiger partial charge < -0.3 is 29.9 Å². The summed E-state index contributed by atoms with van der Waals surface area (Å²) in [5.74, 6) is -2.33. The van der Waals surface area contributed by atoms with Gasteiger partial charge >= 0.3 is 0 Å². The van der Waals surface area contributed by atoms with Crippen molar-refractivity contribution in [1.82, 2.24) is 0 Å². The number of benzene rings is 9. The molecule has 262 valence electrons. The minimum atomic E-state index is -0.566. The molecule has 0 unspecified atom stereocenters. The van der Waals surface area contributed by atoms with E-state index in [2.05, 4.69) is 24.3 Å². The molecule has 1 aromatic heterocycles. The molecule has 0 saturated carbocycles. The van der Waals surface area contributed by atoms with Gasteiger partial charge in [0.2, 0.25) is 0 Å². The topological polar surface area (TPSA) is 114 Å². The lowest BCUT2D eigenvalue weighted by atomic mass is 9.74. The predicted octanol–water partition coefficient (Wildman–Crippen LogP) is 9.83. The first kappa shape index (κ1) is 33.3. The average molecular weight is 722 g/mol. The standard InChI is InChI=1S/C48H28B2O6/c49-42-43(50)46(53)40-36(30-20-21-34-32(23-30)31-12-6-7-13-33(31)56-34)38-41(48(55)47(54)37(44(38)51)26-9-2-1-3-10-26)35(39(40)45(42)52)27-17-14-25(15-18-27)29-19-16-24-8-4-5-11-28(24)22-29/h1-23,51-55H. The van der Waals surface area contributed by atoms with Crippen molar-refractivity contribution in [3.8, 4) is 73.3 Å². The number of fused-ring (bicyclic) bond motifs is 6. The van der Waals surface area contributed by atoms with Gasteiger partial charge in [-0.3, -0.25) is 0 Å². The molecule has 0 aliphatic heterocycles. The summed E-state index contributed by atoms with van der Waals surface area (Å²) in [6, 6.07) is 43.5. The van der Waals surface area contributed by atoms with Crippen LogP contribution in [0.15, 0.2) is 144 Å². The zero-order chi connectivity index (χ0) is 38.4. The highest BCUT2D eigenvalue weighted by atomic mass is 16.3. The van der Waals surface area contributed by atoms with Gasteiger partial charge in [0.05, 0.1) is 5.56 Å². The second-order valence-corrected chi connectivity index (χ2v) is 14.0. The Morgan fingerprint density at radius 3 is 1.59 bits per heavy atom.